The molecule has 45 heavy (non-hydrogen) atoms. The molecule has 1 amide bonds. The number of benzene rings is 3. The van der Waals surface area contributed by atoms with Gasteiger partial charge in [-0.2, -0.15) is 0 Å². The summed E-state index contributed by atoms with van der Waals surface area (Å²) in [5.41, 5.74) is 6.75. The zero-order valence-electron chi connectivity index (χ0n) is 23.6. The summed E-state index contributed by atoms with van der Waals surface area (Å²) in [5, 5.41) is 3.06. The first-order chi connectivity index (χ1) is 21.7. The first-order valence-corrected chi connectivity index (χ1v) is 13.7. The third-order valence-corrected chi connectivity index (χ3v) is 6.94. The maximum Gasteiger partial charge on any atom is 0.271 e. The van der Waals surface area contributed by atoms with E-state index in [9.17, 15) is 18.4 Å². The number of carbonyl (C=O) groups is 1. The molecule has 3 aromatic heterocycles. The van der Waals surface area contributed by atoms with E-state index in [4.69, 9.17) is 15.2 Å². The Hall–Kier alpha value is -6.04. The van der Waals surface area contributed by atoms with Crippen LogP contribution in [0, 0.1) is 17.5 Å². The molecule has 226 valence electrons. The zero-order valence-corrected chi connectivity index (χ0v) is 23.6. The molecule has 0 atom stereocenters. The summed E-state index contributed by atoms with van der Waals surface area (Å²) in [6.45, 7) is 1.88. The first kappa shape index (κ1) is 29.1. The molecule has 0 bridgehead atoms. The van der Waals surface area contributed by atoms with Crippen molar-refractivity contribution in [1.82, 2.24) is 14.5 Å². The fraction of sp³-hybridized carbons (Fsp3) is 0.0606. The van der Waals surface area contributed by atoms with Crippen molar-refractivity contribution in [3.05, 3.63) is 125 Å². The lowest BCUT2D eigenvalue weighted by molar-refractivity contribution is 0.102. The number of H-pyrrole nitrogens is 1. The molecule has 0 fully saturated rings. The van der Waals surface area contributed by atoms with Gasteiger partial charge in [-0.3, -0.25) is 14.2 Å². The number of ether oxygens (including phenoxy) is 2. The predicted molar refractivity (Wildman–Crippen MR) is 163 cm³/mol. The molecule has 0 unspecified atom stereocenters. The fourth-order valence-corrected chi connectivity index (χ4v) is 4.83. The largest absolute Gasteiger partial charge is 0.493 e. The predicted octanol–water partition coefficient (Wildman–Crippen LogP) is 6.82. The molecule has 0 saturated carbocycles. The van der Waals surface area contributed by atoms with Crippen LogP contribution in [0.4, 0.5) is 24.5 Å². The van der Waals surface area contributed by atoms with Gasteiger partial charge in [0.15, 0.2) is 11.6 Å². The van der Waals surface area contributed by atoms with Gasteiger partial charge < -0.3 is 25.5 Å². The van der Waals surface area contributed by atoms with Crippen molar-refractivity contribution in [1.29, 1.82) is 0 Å². The smallest absolute Gasteiger partial charge is 0.271 e. The summed E-state index contributed by atoms with van der Waals surface area (Å²) >= 11 is 0. The van der Waals surface area contributed by atoms with Gasteiger partial charge in [-0.25, -0.2) is 18.2 Å². The number of nitrogens with two attached hydrogens (primary N) is 1. The van der Waals surface area contributed by atoms with Gasteiger partial charge in [0.1, 0.15) is 34.3 Å². The standard InChI is InChI=1S/C33H24F3N5O4/c1-2-44-27-12-14-41(21-7-4-19(34)5-8-21)33(43)30(27)32(42)40-20-6-10-26(24(36)16-20)45-28-11-13-38-31-29(28)22(17-39-31)18-3-9-23(35)25(37)15-18/h3-17H,2,37H2,1H3,(H,38,39)(H,40,42). The Labute approximate surface area is 253 Å². The Kier molecular flexibility index (Phi) is 7.69. The molecule has 3 heterocycles. The number of nitrogens with zero attached hydrogens (tertiary/aromatic N) is 2. The highest BCUT2D eigenvalue weighted by Gasteiger charge is 2.21. The van der Waals surface area contributed by atoms with E-state index in [0.29, 0.717) is 27.8 Å². The highest BCUT2D eigenvalue weighted by Crippen LogP contribution is 2.38. The molecule has 3 aromatic carbocycles. The van der Waals surface area contributed by atoms with Crippen LogP contribution >= 0.6 is 0 Å². The number of fused-ring (bicyclic) bond motifs is 1. The second kappa shape index (κ2) is 11.9. The van der Waals surface area contributed by atoms with Crippen molar-refractivity contribution in [3.63, 3.8) is 0 Å². The second-order valence-electron chi connectivity index (χ2n) is 9.81. The third kappa shape index (κ3) is 5.68. The molecular weight excluding hydrogens is 587 g/mol. The lowest BCUT2D eigenvalue weighted by atomic mass is 10.0. The number of carbonyl (C=O) groups excluding carboxylic acids is 1. The summed E-state index contributed by atoms with van der Waals surface area (Å²) < 4.78 is 55.2. The average molecular weight is 612 g/mol. The van der Waals surface area contributed by atoms with E-state index in [-0.39, 0.29) is 40.8 Å². The lowest BCUT2D eigenvalue weighted by Crippen LogP contribution is -2.29. The number of hydrogen-bond donors (Lipinski definition) is 3. The molecule has 0 radical (unpaired) electrons. The van der Waals surface area contributed by atoms with Crippen molar-refractivity contribution in [2.45, 2.75) is 6.92 Å². The van der Waals surface area contributed by atoms with Gasteiger partial charge in [-0.05, 0) is 73.2 Å². The molecule has 0 aliphatic carbocycles. The van der Waals surface area contributed by atoms with E-state index < -0.39 is 28.9 Å². The fourth-order valence-electron chi connectivity index (χ4n) is 4.83. The minimum Gasteiger partial charge on any atom is -0.493 e. The molecule has 9 nitrogen and oxygen atoms in total. The Balaban J connectivity index is 1.29. The Morgan fingerprint density at radius 3 is 2.49 bits per heavy atom. The van der Waals surface area contributed by atoms with E-state index in [1.807, 2.05) is 0 Å². The number of rotatable bonds is 8. The number of pyridine rings is 2. The maximum absolute atomic E-state index is 15.4. The molecule has 0 aliphatic heterocycles. The van der Waals surface area contributed by atoms with Gasteiger partial charge in [-0.15, -0.1) is 0 Å². The molecule has 0 saturated heterocycles. The molecule has 4 N–H and O–H groups in total. The van der Waals surface area contributed by atoms with Crippen molar-refractivity contribution in [2.24, 2.45) is 0 Å². The van der Waals surface area contributed by atoms with Crippen LogP contribution in [0.1, 0.15) is 17.3 Å². The summed E-state index contributed by atoms with van der Waals surface area (Å²) in [7, 11) is 0. The highest BCUT2D eigenvalue weighted by atomic mass is 19.1. The second-order valence-corrected chi connectivity index (χ2v) is 9.81. The topological polar surface area (TPSA) is 124 Å². The van der Waals surface area contributed by atoms with Crippen LogP contribution in [0.2, 0.25) is 0 Å². The van der Waals surface area contributed by atoms with Crippen LogP contribution in [0.3, 0.4) is 0 Å². The normalized spacial score (nSPS) is 11.0. The summed E-state index contributed by atoms with van der Waals surface area (Å²) in [5.74, 6) is -2.53. The van der Waals surface area contributed by atoms with Crippen LogP contribution in [-0.4, -0.2) is 27.0 Å². The SMILES string of the molecule is CCOc1ccn(-c2ccc(F)cc2)c(=O)c1C(=O)Nc1ccc(Oc2ccnc3[nH]cc(-c4ccc(F)c(N)c4)c23)c(F)c1. The minimum absolute atomic E-state index is 0.0323. The average Bonchev–Trinajstić information content (AvgIpc) is 3.46. The Morgan fingerprint density at radius 1 is 0.956 bits per heavy atom. The van der Waals surface area contributed by atoms with Crippen LogP contribution in [0.15, 0.2) is 96.2 Å². The molecule has 0 aliphatic rings. The summed E-state index contributed by atoms with van der Waals surface area (Å²) in [4.78, 5) is 34.0. The van der Waals surface area contributed by atoms with E-state index >= 15 is 4.39 Å². The van der Waals surface area contributed by atoms with E-state index in [1.165, 1.54) is 71.6 Å². The lowest BCUT2D eigenvalue weighted by Gasteiger charge is -2.14. The molecular formula is C33H24F3N5O4. The minimum atomic E-state index is -0.834. The molecule has 6 rings (SSSR count). The van der Waals surface area contributed by atoms with E-state index in [1.54, 1.807) is 25.3 Å². The first-order valence-electron chi connectivity index (χ1n) is 13.7. The van der Waals surface area contributed by atoms with Gasteiger partial charge in [-0.1, -0.05) is 6.07 Å². The van der Waals surface area contributed by atoms with Gasteiger partial charge in [0.2, 0.25) is 0 Å². The highest BCUT2D eigenvalue weighted by molar-refractivity contribution is 6.06. The number of halogens is 3. The summed E-state index contributed by atoms with van der Waals surface area (Å²) in [6, 6.07) is 16.2. The molecule has 6 aromatic rings. The van der Waals surface area contributed by atoms with Gasteiger partial charge in [0, 0.05) is 41.6 Å². The van der Waals surface area contributed by atoms with Crippen molar-refractivity contribution in [2.75, 3.05) is 17.7 Å². The quantitative estimate of drug-likeness (QED) is 0.162. The van der Waals surface area contributed by atoms with Crippen molar-refractivity contribution >= 4 is 28.3 Å². The van der Waals surface area contributed by atoms with Crippen molar-refractivity contribution < 1.29 is 27.4 Å². The maximum atomic E-state index is 15.4. The van der Waals surface area contributed by atoms with E-state index in [0.717, 1.165) is 6.07 Å². The number of amides is 1. The number of aromatic amines is 1. The number of nitrogens with one attached hydrogen (secondary N) is 2. The number of anilines is 2. The number of aromatic nitrogens is 3. The van der Waals surface area contributed by atoms with Crippen LogP contribution < -0.4 is 26.1 Å². The van der Waals surface area contributed by atoms with Gasteiger partial charge in [0.25, 0.3) is 11.5 Å². The van der Waals surface area contributed by atoms with Crippen LogP contribution in [0.25, 0.3) is 27.8 Å². The monoisotopic (exact) mass is 611 g/mol. The third-order valence-electron chi connectivity index (χ3n) is 6.94. The number of hydrogen-bond acceptors (Lipinski definition) is 6. The van der Waals surface area contributed by atoms with Crippen LogP contribution in [0.5, 0.6) is 17.2 Å². The Morgan fingerprint density at radius 2 is 1.76 bits per heavy atom. The summed E-state index contributed by atoms with van der Waals surface area (Å²) in [6.07, 6.45) is 4.56. The Bertz CT molecular complexity index is 2130. The molecule has 12 heteroatoms. The molecule has 0 spiro atoms. The van der Waals surface area contributed by atoms with Crippen LogP contribution in [-0.2, 0) is 0 Å². The van der Waals surface area contributed by atoms with Gasteiger partial charge in [0.05, 0.1) is 17.7 Å². The van der Waals surface area contributed by atoms with E-state index in [2.05, 4.69) is 15.3 Å². The van der Waals surface area contributed by atoms with Gasteiger partial charge >= 0.3 is 0 Å². The van der Waals surface area contributed by atoms with Crippen molar-refractivity contribution in [3.8, 4) is 34.1 Å². The number of nitrogen functional groups attached to an aromatic ring is 1. The zero-order chi connectivity index (χ0) is 31.7.